The molecule has 0 radical (unpaired) electrons. The molecule has 1 aliphatic heterocycles. The molecule has 2 nitrogen and oxygen atoms in total. The summed E-state index contributed by atoms with van der Waals surface area (Å²) in [4.78, 5) is 2.56. The van der Waals surface area contributed by atoms with Gasteiger partial charge in [0.25, 0.3) is 0 Å². The molecule has 0 aromatic heterocycles. The maximum absolute atomic E-state index is 13.1. The minimum absolute atomic E-state index is 0.147. The van der Waals surface area contributed by atoms with E-state index < -0.39 is 0 Å². The van der Waals surface area contributed by atoms with Gasteiger partial charge in [-0.05, 0) is 43.4 Å². The molecule has 1 saturated heterocycles. The molecule has 2 atom stereocenters. The number of hydrogen-bond donors (Lipinski definition) is 1. The van der Waals surface area contributed by atoms with E-state index in [9.17, 15) is 4.39 Å². The van der Waals surface area contributed by atoms with Crippen LogP contribution in [-0.2, 0) is 0 Å². The molecule has 0 amide bonds. The molecule has 2 fully saturated rings. The van der Waals surface area contributed by atoms with Crippen LogP contribution in [0.15, 0.2) is 24.3 Å². The van der Waals surface area contributed by atoms with Gasteiger partial charge in [-0.2, -0.15) is 0 Å². The Labute approximate surface area is 127 Å². The summed E-state index contributed by atoms with van der Waals surface area (Å²) in [6.45, 7) is 5.54. The van der Waals surface area contributed by atoms with Crippen molar-refractivity contribution in [3.63, 3.8) is 0 Å². The lowest BCUT2D eigenvalue weighted by atomic mass is 9.83. The molecule has 1 saturated carbocycles. The lowest BCUT2D eigenvalue weighted by molar-refractivity contribution is 0.115. The lowest BCUT2D eigenvalue weighted by Crippen LogP contribution is -2.54. The number of piperazine rings is 1. The SMILES string of the molecule is CC(c1ccc(F)cc1)N1CCNC(C2CCCCC2)C1. The largest absolute Gasteiger partial charge is 0.311 e. The van der Waals surface area contributed by atoms with E-state index in [2.05, 4.69) is 17.1 Å². The number of rotatable bonds is 3. The van der Waals surface area contributed by atoms with Gasteiger partial charge in [-0.3, -0.25) is 4.90 Å². The molecular formula is C18H27FN2. The average Bonchev–Trinajstić information content (AvgIpc) is 2.56. The van der Waals surface area contributed by atoms with Crippen molar-refractivity contribution >= 4 is 0 Å². The van der Waals surface area contributed by atoms with E-state index in [0.29, 0.717) is 12.1 Å². The summed E-state index contributed by atoms with van der Waals surface area (Å²) in [6.07, 6.45) is 6.98. The Morgan fingerprint density at radius 3 is 2.57 bits per heavy atom. The van der Waals surface area contributed by atoms with Crippen molar-refractivity contribution in [3.8, 4) is 0 Å². The highest BCUT2D eigenvalue weighted by molar-refractivity contribution is 5.19. The minimum Gasteiger partial charge on any atom is -0.311 e. The second kappa shape index (κ2) is 6.89. The fourth-order valence-corrected chi connectivity index (χ4v) is 3.96. The second-order valence-electron chi connectivity index (χ2n) is 6.68. The summed E-state index contributed by atoms with van der Waals surface area (Å²) >= 11 is 0. The van der Waals surface area contributed by atoms with Gasteiger partial charge < -0.3 is 5.32 Å². The van der Waals surface area contributed by atoms with Crippen molar-refractivity contribution in [1.29, 1.82) is 0 Å². The Bertz CT molecular complexity index is 439. The van der Waals surface area contributed by atoms with Gasteiger partial charge in [0, 0.05) is 31.7 Å². The molecule has 2 unspecified atom stereocenters. The molecule has 116 valence electrons. The Morgan fingerprint density at radius 2 is 1.86 bits per heavy atom. The van der Waals surface area contributed by atoms with Crippen molar-refractivity contribution in [1.82, 2.24) is 10.2 Å². The van der Waals surface area contributed by atoms with Crippen LogP contribution >= 0.6 is 0 Å². The first-order valence-electron chi connectivity index (χ1n) is 8.47. The number of nitrogens with zero attached hydrogens (tertiary/aromatic N) is 1. The summed E-state index contributed by atoms with van der Waals surface area (Å²) in [5.41, 5.74) is 1.22. The Hall–Kier alpha value is -0.930. The maximum Gasteiger partial charge on any atom is 0.123 e. The third-order valence-corrected chi connectivity index (χ3v) is 5.36. The summed E-state index contributed by atoms with van der Waals surface area (Å²) in [5.74, 6) is 0.702. The number of nitrogens with one attached hydrogen (secondary N) is 1. The van der Waals surface area contributed by atoms with Crippen molar-refractivity contribution in [2.24, 2.45) is 5.92 Å². The predicted octanol–water partition coefficient (Wildman–Crippen LogP) is 3.74. The molecule has 1 heterocycles. The van der Waals surface area contributed by atoms with Crippen LogP contribution in [0.1, 0.15) is 50.6 Å². The molecule has 2 aliphatic rings. The van der Waals surface area contributed by atoms with Crippen LogP contribution in [0, 0.1) is 11.7 Å². The van der Waals surface area contributed by atoms with E-state index in [0.717, 1.165) is 25.6 Å². The standard InChI is InChI=1S/C18H27FN2/c1-14(15-7-9-17(19)10-8-15)21-12-11-20-18(13-21)16-5-3-2-4-6-16/h7-10,14,16,18,20H,2-6,11-13H2,1H3. The van der Waals surface area contributed by atoms with Crippen LogP contribution in [0.2, 0.25) is 0 Å². The third-order valence-electron chi connectivity index (χ3n) is 5.36. The molecule has 3 heteroatoms. The molecule has 3 rings (SSSR count). The van der Waals surface area contributed by atoms with Crippen LogP contribution < -0.4 is 5.32 Å². The lowest BCUT2D eigenvalue weighted by Gasteiger charge is -2.41. The average molecular weight is 290 g/mol. The van der Waals surface area contributed by atoms with Crippen LogP contribution in [0.3, 0.4) is 0 Å². The second-order valence-corrected chi connectivity index (χ2v) is 6.68. The zero-order valence-electron chi connectivity index (χ0n) is 13.0. The Balaban J connectivity index is 1.63. The van der Waals surface area contributed by atoms with Gasteiger partial charge in [0.15, 0.2) is 0 Å². The highest BCUT2D eigenvalue weighted by atomic mass is 19.1. The van der Waals surface area contributed by atoms with E-state index in [1.807, 2.05) is 12.1 Å². The minimum atomic E-state index is -0.147. The predicted molar refractivity (Wildman–Crippen MR) is 84.8 cm³/mol. The van der Waals surface area contributed by atoms with E-state index in [1.165, 1.54) is 37.7 Å². The molecule has 1 aliphatic carbocycles. The summed E-state index contributed by atoms with van der Waals surface area (Å²) in [7, 11) is 0. The first-order chi connectivity index (χ1) is 10.2. The third kappa shape index (κ3) is 3.64. The summed E-state index contributed by atoms with van der Waals surface area (Å²) in [6, 6.07) is 8.02. The van der Waals surface area contributed by atoms with Gasteiger partial charge in [-0.1, -0.05) is 31.4 Å². The fraction of sp³-hybridized carbons (Fsp3) is 0.667. The van der Waals surface area contributed by atoms with E-state index in [4.69, 9.17) is 0 Å². The van der Waals surface area contributed by atoms with Crippen molar-refractivity contribution in [2.75, 3.05) is 19.6 Å². The number of hydrogen-bond acceptors (Lipinski definition) is 2. The van der Waals surface area contributed by atoms with Crippen LogP contribution in [-0.4, -0.2) is 30.6 Å². The Kier molecular flexibility index (Phi) is 4.91. The van der Waals surface area contributed by atoms with E-state index in [-0.39, 0.29) is 5.82 Å². The van der Waals surface area contributed by atoms with Crippen molar-refractivity contribution < 1.29 is 4.39 Å². The Morgan fingerprint density at radius 1 is 1.14 bits per heavy atom. The fourth-order valence-electron chi connectivity index (χ4n) is 3.96. The first-order valence-corrected chi connectivity index (χ1v) is 8.47. The molecule has 0 bridgehead atoms. The first kappa shape index (κ1) is 15.0. The molecule has 1 N–H and O–H groups in total. The van der Waals surface area contributed by atoms with E-state index in [1.54, 1.807) is 12.1 Å². The van der Waals surface area contributed by atoms with Crippen molar-refractivity contribution in [2.45, 2.75) is 51.1 Å². The van der Waals surface area contributed by atoms with Crippen molar-refractivity contribution in [3.05, 3.63) is 35.6 Å². The highest BCUT2D eigenvalue weighted by Crippen LogP contribution is 2.30. The van der Waals surface area contributed by atoms with Gasteiger partial charge in [-0.25, -0.2) is 4.39 Å². The zero-order valence-corrected chi connectivity index (χ0v) is 13.0. The highest BCUT2D eigenvalue weighted by Gasteiger charge is 2.30. The maximum atomic E-state index is 13.1. The molecule has 1 aromatic carbocycles. The topological polar surface area (TPSA) is 15.3 Å². The van der Waals surface area contributed by atoms with Gasteiger partial charge >= 0.3 is 0 Å². The van der Waals surface area contributed by atoms with Crippen LogP contribution in [0.4, 0.5) is 4.39 Å². The monoisotopic (exact) mass is 290 g/mol. The molecule has 0 spiro atoms. The normalized spacial score (nSPS) is 26.7. The van der Waals surface area contributed by atoms with Crippen LogP contribution in [0.25, 0.3) is 0 Å². The van der Waals surface area contributed by atoms with Crippen LogP contribution in [0.5, 0.6) is 0 Å². The van der Waals surface area contributed by atoms with Gasteiger partial charge in [0.1, 0.15) is 5.82 Å². The van der Waals surface area contributed by atoms with E-state index >= 15 is 0 Å². The van der Waals surface area contributed by atoms with Gasteiger partial charge in [0.05, 0.1) is 0 Å². The van der Waals surface area contributed by atoms with Gasteiger partial charge in [-0.15, -0.1) is 0 Å². The molecule has 21 heavy (non-hydrogen) atoms. The smallest absolute Gasteiger partial charge is 0.123 e. The summed E-state index contributed by atoms with van der Waals surface area (Å²) < 4.78 is 13.1. The van der Waals surface area contributed by atoms with Gasteiger partial charge in [0.2, 0.25) is 0 Å². The zero-order chi connectivity index (χ0) is 14.7. The molecule has 1 aromatic rings. The molecular weight excluding hydrogens is 263 g/mol. The quantitative estimate of drug-likeness (QED) is 0.912. The summed E-state index contributed by atoms with van der Waals surface area (Å²) in [5, 5.41) is 3.73. The number of halogens is 1. The number of benzene rings is 1.